The molecule has 0 unspecified atom stereocenters. The number of anilines is 2. The first-order valence-corrected chi connectivity index (χ1v) is 8.20. The van der Waals surface area contributed by atoms with Crippen LogP contribution in [0.2, 0.25) is 5.02 Å². The summed E-state index contributed by atoms with van der Waals surface area (Å²) in [6.07, 6.45) is 1.67. The van der Waals surface area contributed by atoms with Crippen LogP contribution in [0, 0.1) is 6.92 Å². The van der Waals surface area contributed by atoms with E-state index in [2.05, 4.69) is 14.7 Å². The summed E-state index contributed by atoms with van der Waals surface area (Å²) < 4.78 is 3.21. The number of nitrogen functional groups attached to an aromatic ring is 1. The molecule has 3 aromatic rings. The van der Waals surface area contributed by atoms with Gasteiger partial charge in [-0.25, -0.2) is 9.97 Å². The van der Waals surface area contributed by atoms with Gasteiger partial charge in [0.15, 0.2) is 0 Å². The van der Waals surface area contributed by atoms with Crippen LogP contribution in [0.15, 0.2) is 59.6 Å². The van der Waals surface area contributed by atoms with Gasteiger partial charge in [-0.3, -0.25) is 0 Å². The predicted octanol–water partition coefficient (Wildman–Crippen LogP) is 4.81. The quantitative estimate of drug-likeness (QED) is 0.666. The lowest BCUT2D eigenvalue weighted by molar-refractivity contribution is 1.27. The molecule has 3 rings (SSSR count). The van der Waals surface area contributed by atoms with Gasteiger partial charge in [0.2, 0.25) is 0 Å². The zero-order chi connectivity index (χ0) is 16.2. The van der Waals surface area contributed by atoms with E-state index in [-0.39, 0.29) is 0 Å². The van der Waals surface area contributed by atoms with Crippen molar-refractivity contribution in [3.05, 3.63) is 65.3 Å². The molecular weight excluding hydrogens is 328 g/mol. The van der Waals surface area contributed by atoms with Crippen molar-refractivity contribution in [3.8, 4) is 11.3 Å². The molecule has 0 spiro atoms. The third-order valence-electron chi connectivity index (χ3n) is 3.27. The second-order valence-electron chi connectivity index (χ2n) is 4.96. The highest BCUT2D eigenvalue weighted by Crippen LogP contribution is 2.31. The number of nitrogens with zero attached hydrogens (tertiary/aromatic N) is 2. The number of rotatable bonds is 4. The average Bonchev–Trinajstić information content (AvgIpc) is 2.55. The van der Waals surface area contributed by atoms with Crippen molar-refractivity contribution in [2.45, 2.75) is 11.8 Å². The van der Waals surface area contributed by atoms with Crippen molar-refractivity contribution in [2.24, 2.45) is 0 Å². The third-order valence-corrected chi connectivity index (χ3v) is 4.38. The van der Waals surface area contributed by atoms with Gasteiger partial charge in [0.1, 0.15) is 11.6 Å². The van der Waals surface area contributed by atoms with Gasteiger partial charge in [-0.1, -0.05) is 35.9 Å². The highest BCUT2D eigenvalue weighted by Gasteiger charge is 2.09. The summed E-state index contributed by atoms with van der Waals surface area (Å²) in [6, 6.07) is 15.4. The molecule has 3 N–H and O–H groups in total. The molecule has 4 nitrogen and oxygen atoms in total. The Hall–Kier alpha value is -2.24. The molecule has 0 aliphatic heterocycles. The number of aryl methyl sites for hydroxylation is 1. The fourth-order valence-electron chi connectivity index (χ4n) is 2.13. The maximum absolute atomic E-state index is 6.32. The molecule has 0 aliphatic carbocycles. The Kier molecular flexibility index (Phi) is 4.69. The summed E-state index contributed by atoms with van der Waals surface area (Å²) in [6.45, 7) is 2.04. The molecule has 0 radical (unpaired) electrons. The van der Waals surface area contributed by atoms with Crippen molar-refractivity contribution in [1.82, 2.24) is 9.97 Å². The highest BCUT2D eigenvalue weighted by atomic mass is 35.5. The van der Waals surface area contributed by atoms with Crippen molar-refractivity contribution in [1.29, 1.82) is 0 Å². The zero-order valence-corrected chi connectivity index (χ0v) is 14.0. The number of nitrogens with one attached hydrogen (secondary N) is 1. The van der Waals surface area contributed by atoms with Gasteiger partial charge in [-0.15, -0.1) is 0 Å². The normalized spacial score (nSPS) is 10.5. The lowest BCUT2D eigenvalue weighted by Crippen LogP contribution is -1.95. The number of pyridine rings is 2. The van der Waals surface area contributed by atoms with Crippen molar-refractivity contribution in [3.63, 3.8) is 0 Å². The SMILES string of the molecule is Cc1ccccc1-c1nc(NSc2ccnc(N)c2)ccc1Cl. The second kappa shape index (κ2) is 6.89. The molecule has 0 amide bonds. The molecule has 2 aromatic heterocycles. The minimum Gasteiger partial charge on any atom is -0.384 e. The van der Waals surface area contributed by atoms with Crippen LogP contribution >= 0.6 is 23.5 Å². The first-order chi connectivity index (χ1) is 11.1. The van der Waals surface area contributed by atoms with Gasteiger partial charge in [0, 0.05) is 16.7 Å². The number of aromatic nitrogens is 2. The third kappa shape index (κ3) is 3.75. The average molecular weight is 343 g/mol. The molecule has 0 atom stereocenters. The molecule has 23 heavy (non-hydrogen) atoms. The highest BCUT2D eigenvalue weighted by molar-refractivity contribution is 8.00. The summed E-state index contributed by atoms with van der Waals surface area (Å²) in [5.74, 6) is 1.22. The smallest absolute Gasteiger partial charge is 0.136 e. The molecule has 2 heterocycles. The number of nitrogens with two attached hydrogens (primary N) is 1. The first-order valence-electron chi connectivity index (χ1n) is 7.00. The van der Waals surface area contributed by atoms with E-state index in [1.807, 2.05) is 49.4 Å². The minimum absolute atomic E-state index is 0.487. The predicted molar refractivity (Wildman–Crippen MR) is 97.5 cm³/mol. The Labute approximate surface area is 144 Å². The van der Waals surface area contributed by atoms with E-state index < -0.39 is 0 Å². The maximum atomic E-state index is 6.32. The number of hydrogen-bond donors (Lipinski definition) is 2. The lowest BCUT2D eigenvalue weighted by Gasteiger charge is -2.10. The van der Waals surface area contributed by atoms with Gasteiger partial charge >= 0.3 is 0 Å². The Bertz CT molecular complexity index is 838. The monoisotopic (exact) mass is 342 g/mol. The van der Waals surface area contributed by atoms with Gasteiger partial charge in [-0.2, -0.15) is 0 Å². The van der Waals surface area contributed by atoms with E-state index in [0.717, 1.165) is 27.5 Å². The summed E-state index contributed by atoms with van der Waals surface area (Å²) in [5, 5.41) is 0.628. The van der Waals surface area contributed by atoms with E-state index in [4.69, 9.17) is 17.3 Å². The van der Waals surface area contributed by atoms with Gasteiger partial charge in [0.05, 0.1) is 10.7 Å². The number of benzene rings is 1. The summed E-state index contributed by atoms with van der Waals surface area (Å²) in [7, 11) is 0. The molecule has 0 aliphatic rings. The Morgan fingerprint density at radius 1 is 1.13 bits per heavy atom. The maximum Gasteiger partial charge on any atom is 0.136 e. The fourth-order valence-corrected chi connectivity index (χ4v) is 2.98. The molecule has 0 saturated carbocycles. The molecule has 0 fully saturated rings. The topological polar surface area (TPSA) is 63.8 Å². The van der Waals surface area contributed by atoms with Crippen molar-refractivity contribution >= 4 is 35.2 Å². The Morgan fingerprint density at radius 3 is 2.74 bits per heavy atom. The van der Waals surface area contributed by atoms with Crippen LogP contribution in [-0.2, 0) is 0 Å². The molecule has 116 valence electrons. The van der Waals surface area contributed by atoms with Crippen molar-refractivity contribution < 1.29 is 0 Å². The molecule has 6 heteroatoms. The Morgan fingerprint density at radius 2 is 1.96 bits per heavy atom. The number of halogens is 1. The van der Waals surface area contributed by atoms with Gasteiger partial charge < -0.3 is 10.5 Å². The number of hydrogen-bond acceptors (Lipinski definition) is 5. The Balaban J connectivity index is 1.85. The van der Waals surface area contributed by atoms with Crippen LogP contribution in [0.4, 0.5) is 11.6 Å². The zero-order valence-electron chi connectivity index (χ0n) is 12.5. The standard InChI is InChI=1S/C17H15ClN4S/c1-11-4-2-3-5-13(11)17-14(18)6-7-16(21-17)22-23-12-8-9-20-15(19)10-12/h2-10H,1H3,(H2,19,20)(H,21,22). The largest absolute Gasteiger partial charge is 0.384 e. The van der Waals surface area contributed by atoms with E-state index in [1.54, 1.807) is 12.3 Å². The van der Waals surface area contributed by atoms with E-state index >= 15 is 0 Å². The minimum atomic E-state index is 0.487. The van der Waals surface area contributed by atoms with E-state index in [0.29, 0.717) is 10.8 Å². The molecule has 1 aromatic carbocycles. The molecular formula is C17H15ClN4S. The summed E-state index contributed by atoms with van der Waals surface area (Å²) in [5.41, 5.74) is 8.61. The second-order valence-corrected chi connectivity index (χ2v) is 6.25. The van der Waals surface area contributed by atoms with Crippen LogP contribution in [0.1, 0.15) is 5.56 Å². The van der Waals surface area contributed by atoms with Crippen LogP contribution in [0.5, 0.6) is 0 Å². The van der Waals surface area contributed by atoms with Gasteiger partial charge in [-0.05, 0) is 48.7 Å². The van der Waals surface area contributed by atoms with Gasteiger partial charge in [0.25, 0.3) is 0 Å². The van der Waals surface area contributed by atoms with Crippen LogP contribution < -0.4 is 10.5 Å². The fraction of sp³-hybridized carbons (Fsp3) is 0.0588. The van der Waals surface area contributed by atoms with Crippen LogP contribution in [0.3, 0.4) is 0 Å². The molecule has 0 bridgehead atoms. The van der Waals surface area contributed by atoms with E-state index in [9.17, 15) is 0 Å². The van der Waals surface area contributed by atoms with Crippen LogP contribution in [0.25, 0.3) is 11.3 Å². The summed E-state index contributed by atoms with van der Waals surface area (Å²) >= 11 is 7.74. The summed E-state index contributed by atoms with van der Waals surface area (Å²) in [4.78, 5) is 9.57. The lowest BCUT2D eigenvalue weighted by atomic mass is 10.1. The van der Waals surface area contributed by atoms with Crippen molar-refractivity contribution in [2.75, 3.05) is 10.5 Å². The van der Waals surface area contributed by atoms with E-state index in [1.165, 1.54) is 11.9 Å². The first kappa shape index (κ1) is 15.6. The van der Waals surface area contributed by atoms with Crippen LogP contribution in [-0.4, -0.2) is 9.97 Å². The molecule has 0 saturated heterocycles.